The minimum Gasteiger partial charge on any atom is -0.285 e. The molecule has 2 aliphatic rings. The summed E-state index contributed by atoms with van der Waals surface area (Å²) in [6.45, 7) is 2.38. The van der Waals surface area contributed by atoms with E-state index in [1.807, 2.05) is 0 Å². The summed E-state index contributed by atoms with van der Waals surface area (Å²) >= 11 is 0. The highest BCUT2D eigenvalue weighted by Gasteiger charge is 2.43. The smallest absolute Gasteiger partial charge is 0.0503 e. The predicted octanol–water partition coefficient (Wildman–Crippen LogP) is 4.61. The van der Waals surface area contributed by atoms with E-state index in [4.69, 9.17) is 4.99 Å². The lowest BCUT2D eigenvalue weighted by Crippen LogP contribution is -2.19. The normalized spacial score (nSPS) is 23.9. The minimum absolute atomic E-state index is 0.374. The molecule has 0 heterocycles. The molecule has 1 heteroatoms. The first-order valence-electron chi connectivity index (χ1n) is 7.42. The third-order valence-electron chi connectivity index (χ3n) is 4.51. The summed E-state index contributed by atoms with van der Waals surface area (Å²) in [4.78, 5) is 5.16. The van der Waals surface area contributed by atoms with E-state index in [-0.39, 0.29) is 0 Å². The van der Waals surface area contributed by atoms with Crippen molar-refractivity contribution < 1.29 is 0 Å². The SMILES string of the molecule is CC1(C(=NC2CCCCC2)c2ccccc2)CC1. The molecule has 96 valence electrons. The Morgan fingerprint density at radius 3 is 2.33 bits per heavy atom. The van der Waals surface area contributed by atoms with Gasteiger partial charge in [-0.25, -0.2) is 0 Å². The zero-order valence-corrected chi connectivity index (χ0v) is 11.4. The molecule has 2 aliphatic carbocycles. The van der Waals surface area contributed by atoms with Crippen LogP contribution < -0.4 is 0 Å². The Morgan fingerprint density at radius 1 is 1.06 bits per heavy atom. The van der Waals surface area contributed by atoms with Gasteiger partial charge in [0, 0.05) is 11.1 Å². The lowest BCUT2D eigenvalue weighted by atomic mass is 9.92. The van der Waals surface area contributed by atoms with Gasteiger partial charge in [0.05, 0.1) is 6.04 Å². The van der Waals surface area contributed by atoms with E-state index in [1.54, 1.807) is 0 Å². The summed E-state index contributed by atoms with van der Waals surface area (Å²) in [6, 6.07) is 11.4. The number of nitrogens with zero attached hydrogens (tertiary/aromatic N) is 1. The zero-order chi connectivity index (χ0) is 12.4. The van der Waals surface area contributed by atoms with Crippen molar-refractivity contribution in [1.29, 1.82) is 0 Å². The van der Waals surface area contributed by atoms with Crippen molar-refractivity contribution in [3.05, 3.63) is 35.9 Å². The van der Waals surface area contributed by atoms with Crippen molar-refractivity contribution in [2.24, 2.45) is 10.4 Å². The number of hydrogen-bond acceptors (Lipinski definition) is 1. The number of benzene rings is 1. The zero-order valence-electron chi connectivity index (χ0n) is 11.4. The third-order valence-corrected chi connectivity index (χ3v) is 4.51. The van der Waals surface area contributed by atoms with E-state index in [0.717, 1.165) is 0 Å². The van der Waals surface area contributed by atoms with Crippen LogP contribution in [0, 0.1) is 5.41 Å². The van der Waals surface area contributed by atoms with Crippen LogP contribution in [0.2, 0.25) is 0 Å². The van der Waals surface area contributed by atoms with Gasteiger partial charge in [0.1, 0.15) is 0 Å². The van der Waals surface area contributed by atoms with Crippen LogP contribution in [0.3, 0.4) is 0 Å². The summed E-state index contributed by atoms with van der Waals surface area (Å²) in [5.41, 5.74) is 3.11. The van der Waals surface area contributed by atoms with Crippen molar-refractivity contribution in [1.82, 2.24) is 0 Å². The minimum atomic E-state index is 0.374. The Balaban J connectivity index is 1.88. The van der Waals surface area contributed by atoms with Gasteiger partial charge in [-0.15, -0.1) is 0 Å². The quantitative estimate of drug-likeness (QED) is 0.685. The van der Waals surface area contributed by atoms with Crippen LogP contribution in [-0.4, -0.2) is 11.8 Å². The summed E-state index contributed by atoms with van der Waals surface area (Å²) in [5, 5.41) is 0. The molecule has 0 radical (unpaired) electrons. The molecule has 2 fully saturated rings. The Labute approximate surface area is 110 Å². The van der Waals surface area contributed by atoms with Crippen molar-refractivity contribution >= 4 is 5.71 Å². The molecule has 1 aromatic carbocycles. The highest BCUT2D eigenvalue weighted by molar-refractivity contribution is 6.06. The van der Waals surface area contributed by atoms with Crippen molar-refractivity contribution in [3.8, 4) is 0 Å². The van der Waals surface area contributed by atoms with E-state index in [0.29, 0.717) is 11.5 Å². The molecule has 1 aromatic rings. The van der Waals surface area contributed by atoms with Crippen molar-refractivity contribution in [2.75, 3.05) is 0 Å². The Morgan fingerprint density at radius 2 is 1.72 bits per heavy atom. The van der Waals surface area contributed by atoms with Gasteiger partial charge in [-0.3, -0.25) is 4.99 Å². The summed E-state index contributed by atoms with van der Waals surface area (Å²) in [6.07, 6.45) is 9.36. The molecule has 0 unspecified atom stereocenters. The first kappa shape index (κ1) is 12.0. The van der Waals surface area contributed by atoms with E-state index in [9.17, 15) is 0 Å². The Bertz CT molecular complexity index is 422. The average Bonchev–Trinajstić information content (AvgIpc) is 3.17. The Hall–Kier alpha value is -1.11. The van der Waals surface area contributed by atoms with E-state index >= 15 is 0 Å². The molecule has 0 spiro atoms. The fraction of sp³-hybridized carbons (Fsp3) is 0.588. The maximum absolute atomic E-state index is 5.16. The highest BCUT2D eigenvalue weighted by Crippen LogP contribution is 2.48. The average molecular weight is 241 g/mol. The molecule has 0 aliphatic heterocycles. The standard InChI is InChI=1S/C17H23N/c1-17(12-13-17)16(14-8-4-2-5-9-14)18-15-10-6-3-7-11-15/h2,4-5,8-9,15H,3,6-7,10-13H2,1H3. The van der Waals surface area contributed by atoms with E-state index in [2.05, 4.69) is 37.3 Å². The lowest BCUT2D eigenvalue weighted by Gasteiger charge is -2.22. The molecule has 0 saturated heterocycles. The van der Waals surface area contributed by atoms with E-state index < -0.39 is 0 Å². The summed E-state index contributed by atoms with van der Waals surface area (Å²) < 4.78 is 0. The predicted molar refractivity (Wildman–Crippen MR) is 77.2 cm³/mol. The van der Waals surface area contributed by atoms with E-state index in [1.165, 1.54) is 56.2 Å². The molecule has 2 saturated carbocycles. The molecule has 18 heavy (non-hydrogen) atoms. The second-order valence-electron chi connectivity index (χ2n) is 6.20. The molecule has 0 amide bonds. The Kier molecular flexibility index (Phi) is 3.23. The number of rotatable bonds is 3. The van der Waals surface area contributed by atoms with Crippen LogP contribution >= 0.6 is 0 Å². The van der Waals surface area contributed by atoms with Crippen LogP contribution in [0.1, 0.15) is 57.4 Å². The maximum Gasteiger partial charge on any atom is 0.0503 e. The van der Waals surface area contributed by atoms with Crippen LogP contribution in [0.15, 0.2) is 35.3 Å². The first-order valence-corrected chi connectivity index (χ1v) is 7.42. The molecule has 3 rings (SSSR count). The molecular formula is C17H23N. The van der Waals surface area contributed by atoms with Crippen molar-refractivity contribution in [2.45, 2.75) is 57.9 Å². The molecule has 0 N–H and O–H groups in total. The summed E-state index contributed by atoms with van der Waals surface area (Å²) in [7, 11) is 0. The summed E-state index contributed by atoms with van der Waals surface area (Å²) in [5.74, 6) is 0. The van der Waals surface area contributed by atoms with Gasteiger partial charge in [0.15, 0.2) is 0 Å². The van der Waals surface area contributed by atoms with Crippen LogP contribution in [0.4, 0.5) is 0 Å². The molecule has 1 nitrogen and oxygen atoms in total. The number of aliphatic imine (C=N–C) groups is 1. The molecule has 0 aromatic heterocycles. The van der Waals surface area contributed by atoms with Gasteiger partial charge in [-0.05, 0) is 31.2 Å². The van der Waals surface area contributed by atoms with Crippen LogP contribution in [0.25, 0.3) is 0 Å². The van der Waals surface area contributed by atoms with Gasteiger partial charge in [0.2, 0.25) is 0 Å². The van der Waals surface area contributed by atoms with Gasteiger partial charge < -0.3 is 0 Å². The fourth-order valence-electron chi connectivity index (χ4n) is 2.99. The monoisotopic (exact) mass is 241 g/mol. The largest absolute Gasteiger partial charge is 0.285 e. The van der Waals surface area contributed by atoms with Gasteiger partial charge in [-0.1, -0.05) is 56.5 Å². The van der Waals surface area contributed by atoms with Gasteiger partial charge in [-0.2, -0.15) is 0 Å². The third kappa shape index (κ3) is 2.50. The molecule has 0 atom stereocenters. The second kappa shape index (κ2) is 4.87. The molecular weight excluding hydrogens is 218 g/mol. The highest BCUT2D eigenvalue weighted by atomic mass is 14.8. The lowest BCUT2D eigenvalue weighted by molar-refractivity contribution is 0.441. The maximum atomic E-state index is 5.16. The first-order chi connectivity index (χ1) is 8.78. The number of hydrogen-bond donors (Lipinski definition) is 0. The fourth-order valence-corrected chi connectivity index (χ4v) is 2.99. The van der Waals surface area contributed by atoms with Crippen LogP contribution in [0.5, 0.6) is 0 Å². The van der Waals surface area contributed by atoms with Crippen LogP contribution in [-0.2, 0) is 0 Å². The molecule has 0 bridgehead atoms. The van der Waals surface area contributed by atoms with Gasteiger partial charge >= 0.3 is 0 Å². The van der Waals surface area contributed by atoms with Crippen molar-refractivity contribution in [3.63, 3.8) is 0 Å². The van der Waals surface area contributed by atoms with Gasteiger partial charge in [0.25, 0.3) is 0 Å². The topological polar surface area (TPSA) is 12.4 Å². The second-order valence-corrected chi connectivity index (χ2v) is 6.20.